The number of hydrogen-bond acceptors (Lipinski definition) is 3. The molecule has 0 rings (SSSR count). The molecule has 1 unspecified atom stereocenters. The molecule has 6 heteroatoms. The summed E-state index contributed by atoms with van der Waals surface area (Å²) in [4.78, 5) is 29.5. The third-order valence-electron chi connectivity index (χ3n) is 2.44. The molecule has 0 bridgehead atoms. The Labute approximate surface area is 103 Å². The average Bonchev–Trinajstić information content (AvgIpc) is 2.22. The van der Waals surface area contributed by atoms with Crippen LogP contribution in [0.1, 0.15) is 46.0 Å². The summed E-state index contributed by atoms with van der Waals surface area (Å²) >= 11 is 0. The van der Waals surface area contributed by atoms with Gasteiger partial charge in [0.25, 0.3) is 0 Å². The molecule has 0 aromatic heterocycles. The molecular formula is C11H23O5P. The minimum absolute atomic E-state index is 0.332. The number of carbonyl (C=O) groups excluding carboxylic acids is 1. The summed E-state index contributed by atoms with van der Waals surface area (Å²) in [6, 6.07) is 0. The molecule has 17 heavy (non-hydrogen) atoms. The number of hydrogen-bond donors (Lipinski definition) is 2. The first kappa shape index (κ1) is 16.6. The fourth-order valence-corrected chi connectivity index (χ4v) is 2.36. The Morgan fingerprint density at radius 1 is 1.24 bits per heavy atom. The quantitative estimate of drug-likeness (QED) is 0.380. The van der Waals surface area contributed by atoms with Crippen molar-refractivity contribution in [3.05, 3.63) is 0 Å². The molecule has 0 fully saturated rings. The molecule has 5 nitrogen and oxygen atoms in total. The Kier molecular flexibility index (Phi) is 8.48. The summed E-state index contributed by atoms with van der Waals surface area (Å²) in [5.74, 6) is -1.15. The van der Waals surface area contributed by atoms with Gasteiger partial charge in [-0.3, -0.25) is 9.36 Å². The predicted molar refractivity (Wildman–Crippen MR) is 65.8 cm³/mol. The Bertz CT molecular complexity index is 261. The van der Waals surface area contributed by atoms with Gasteiger partial charge < -0.3 is 14.5 Å². The minimum atomic E-state index is -4.16. The normalized spacial score (nSPS) is 13.4. The van der Waals surface area contributed by atoms with Gasteiger partial charge >= 0.3 is 13.6 Å². The molecule has 0 saturated heterocycles. The number of unbranched alkanes of at least 4 members (excludes halogenated alkanes) is 2. The second-order valence-corrected chi connectivity index (χ2v) is 5.90. The molecule has 0 radical (unpaired) electrons. The van der Waals surface area contributed by atoms with Gasteiger partial charge in [0.2, 0.25) is 0 Å². The summed E-state index contributed by atoms with van der Waals surface area (Å²) in [6.07, 6.45) is 3.44. The van der Waals surface area contributed by atoms with E-state index in [0.717, 1.165) is 25.7 Å². The first-order valence-electron chi connectivity index (χ1n) is 6.12. The highest BCUT2D eigenvalue weighted by Gasteiger charge is 2.28. The molecule has 0 spiro atoms. The molecule has 102 valence electrons. The molecule has 0 amide bonds. The van der Waals surface area contributed by atoms with Gasteiger partial charge in [-0.25, -0.2) is 0 Å². The third-order valence-corrected chi connectivity index (χ3v) is 3.36. The van der Waals surface area contributed by atoms with Gasteiger partial charge in [-0.15, -0.1) is 0 Å². The lowest BCUT2D eigenvalue weighted by Crippen LogP contribution is -2.22. The van der Waals surface area contributed by atoms with Crippen LogP contribution in [0.5, 0.6) is 0 Å². The highest BCUT2D eigenvalue weighted by atomic mass is 31.2. The molecule has 0 aliphatic heterocycles. The zero-order valence-electron chi connectivity index (χ0n) is 10.6. The molecule has 2 N–H and O–H groups in total. The van der Waals surface area contributed by atoms with Crippen LogP contribution in [0, 0.1) is 5.92 Å². The van der Waals surface area contributed by atoms with E-state index >= 15 is 0 Å². The van der Waals surface area contributed by atoms with Gasteiger partial charge in [-0.05, 0) is 12.8 Å². The van der Waals surface area contributed by atoms with E-state index in [9.17, 15) is 9.36 Å². The van der Waals surface area contributed by atoms with E-state index < -0.39 is 25.6 Å². The van der Waals surface area contributed by atoms with Crippen LogP contribution in [-0.2, 0) is 14.1 Å². The van der Waals surface area contributed by atoms with Crippen molar-refractivity contribution >= 4 is 13.6 Å². The molecular weight excluding hydrogens is 243 g/mol. The van der Waals surface area contributed by atoms with E-state index in [4.69, 9.17) is 14.5 Å². The Hall–Kier alpha value is -0.380. The van der Waals surface area contributed by atoms with Crippen molar-refractivity contribution in [1.29, 1.82) is 0 Å². The Morgan fingerprint density at radius 2 is 1.82 bits per heavy atom. The summed E-state index contributed by atoms with van der Waals surface area (Å²) in [6.45, 7) is 4.29. The van der Waals surface area contributed by atoms with Gasteiger partial charge in [0.05, 0.1) is 18.7 Å². The van der Waals surface area contributed by atoms with Crippen LogP contribution < -0.4 is 0 Å². The number of esters is 1. The SMILES string of the molecule is CCCCOC(=O)C(CCCC)CP(=O)(O)O. The maximum absolute atomic E-state index is 11.6. The predicted octanol–water partition coefficient (Wildman–Crippen LogP) is 2.31. The van der Waals surface area contributed by atoms with Crippen molar-refractivity contribution < 1.29 is 23.9 Å². The van der Waals surface area contributed by atoms with Crippen LogP contribution in [0.25, 0.3) is 0 Å². The summed E-state index contributed by atoms with van der Waals surface area (Å²) < 4.78 is 15.9. The van der Waals surface area contributed by atoms with Crippen molar-refractivity contribution in [2.75, 3.05) is 12.8 Å². The fourth-order valence-electron chi connectivity index (χ4n) is 1.46. The van der Waals surface area contributed by atoms with Crippen LogP contribution in [0.2, 0.25) is 0 Å². The monoisotopic (exact) mass is 266 g/mol. The topological polar surface area (TPSA) is 83.8 Å². The lowest BCUT2D eigenvalue weighted by atomic mass is 10.0. The lowest BCUT2D eigenvalue weighted by Gasteiger charge is -2.16. The molecule has 0 heterocycles. The Balaban J connectivity index is 4.24. The summed E-state index contributed by atoms with van der Waals surface area (Å²) in [5, 5.41) is 0. The largest absolute Gasteiger partial charge is 0.465 e. The zero-order valence-corrected chi connectivity index (χ0v) is 11.5. The first-order valence-corrected chi connectivity index (χ1v) is 7.91. The lowest BCUT2D eigenvalue weighted by molar-refractivity contribution is -0.148. The molecule has 0 aromatic rings. The second-order valence-electron chi connectivity index (χ2n) is 4.21. The van der Waals surface area contributed by atoms with E-state index in [-0.39, 0.29) is 0 Å². The molecule has 0 aliphatic carbocycles. The van der Waals surface area contributed by atoms with Crippen LogP contribution >= 0.6 is 7.60 Å². The van der Waals surface area contributed by atoms with Gasteiger partial charge in [-0.1, -0.05) is 33.1 Å². The number of ether oxygens (including phenoxy) is 1. The van der Waals surface area contributed by atoms with Gasteiger partial charge in [0, 0.05) is 0 Å². The van der Waals surface area contributed by atoms with Crippen molar-refractivity contribution in [1.82, 2.24) is 0 Å². The van der Waals surface area contributed by atoms with Crippen molar-refractivity contribution in [3.8, 4) is 0 Å². The summed E-state index contributed by atoms with van der Waals surface area (Å²) in [7, 11) is -4.16. The van der Waals surface area contributed by atoms with Crippen LogP contribution in [0.3, 0.4) is 0 Å². The third kappa shape index (κ3) is 9.33. The average molecular weight is 266 g/mol. The van der Waals surface area contributed by atoms with Crippen molar-refractivity contribution in [3.63, 3.8) is 0 Å². The maximum Gasteiger partial charge on any atom is 0.326 e. The molecule has 0 aromatic carbocycles. The fraction of sp³-hybridized carbons (Fsp3) is 0.909. The van der Waals surface area contributed by atoms with E-state index in [1.807, 2.05) is 13.8 Å². The van der Waals surface area contributed by atoms with Crippen LogP contribution in [0.15, 0.2) is 0 Å². The maximum atomic E-state index is 11.6. The molecule has 0 aliphatic rings. The van der Waals surface area contributed by atoms with Crippen molar-refractivity contribution in [2.24, 2.45) is 5.92 Å². The number of rotatable bonds is 9. The molecule has 0 saturated carbocycles. The van der Waals surface area contributed by atoms with Gasteiger partial charge in [0.1, 0.15) is 0 Å². The van der Waals surface area contributed by atoms with E-state index in [0.29, 0.717) is 13.0 Å². The van der Waals surface area contributed by atoms with E-state index in [1.165, 1.54) is 0 Å². The summed E-state index contributed by atoms with van der Waals surface area (Å²) in [5.41, 5.74) is 0. The van der Waals surface area contributed by atoms with Crippen LogP contribution in [-0.4, -0.2) is 28.5 Å². The molecule has 1 atom stereocenters. The minimum Gasteiger partial charge on any atom is -0.465 e. The first-order chi connectivity index (χ1) is 7.90. The van der Waals surface area contributed by atoms with E-state index in [2.05, 4.69) is 0 Å². The zero-order chi connectivity index (χ0) is 13.3. The van der Waals surface area contributed by atoms with Gasteiger partial charge in [0.15, 0.2) is 0 Å². The second kappa shape index (κ2) is 8.67. The van der Waals surface area contributed by atoms with E-state index in [1.54, 1.807) is 0 Å². The number of carbonyl (C=O) groups is 1. The standard InChI is InChI=1S/C11H23O5P/c1-3-5-7-10(9-17(13,14)15)11(12)16-8-6-4-2/h10H,3-9H2,1-2H3,(H2,13,14,15). The van der Waals surface area contributed by atoms with Crippen molar-refractivity contribution in [2.45, 2.75) is 46.0 Å². The van der Waals surface area contributed by atoms with Gasteiger partial charge in [-0.2, -0.15) is 0 Å². The highest BCUT2D eigenvalue weighted by molar-refractivity contribution is 7.51. The van der Waals surface area contributed by atoms with Crippen LogP contribution in [0.4, 0.5) is 0 Å². The highest BCUT2D eigenvalue weighted by Crippen LogP contribution is 2.38. The Morgan fingerprint density at radius 3 is 2.29 bits per heavy atom. The smallest absolute Gasteiger partial charge is 0.326 e.